The minimum Gasteiger partial charge on any atom is -0.386 e. The molecule has 0 amide bonds. The van der Waals surface area contributed by atoms with Gasteiger partial charge in [-0.05, 0) is 24.8 Å². The van der Waals surface area contributed by atoms with E-state index in [2.05, 4.69) is 6.58 Å². The van der Waals surface area contributed by atoms with Crippen LogP contribution < -0.4 is 0 Å². The highest BCUT2D eigenvalue weighted by Gasteiger charge is 2.60. The molecule has 1 N–H and O–H groups in total. The first kappa shape index (κ1) is 13.5. The van der Waals surface area contributed by atoms with Crippen molar-refractivity contribution >= 4 is 0 Å². The first-order valence-electron chi connectivity index (χ1n) is 5.40. The van der Waals surface area contributed by atoms with Crippen molar-refractivity contribution in [2.24, 2.45) is 5.92 Å². The van der Waals surface area contributed by atoms with E-state index < -0.39 is 23.9 Å². The van der Waals surface area contributed by atoms with Gasteiger partial charge in [0, 0.05) is 0 Å². The van der Waals surface area contributed by atoms with Crippen molar-refractivity contribution in [1.82, 2.24) is 0 Å². The predicted octanol–water partition coefficient (Wildman–Crippen LogP) is 3.38. The van der Waals surface area contributed by atoms with Gasteiger partial charge in [-0.2, -0.15) is 17.6 Å². The average molecular weight is 240 g/mol. The molecule has 1 rings (SSSR count). The minimum absolute atomic E-state index is 0.0982. The highest BCUT2D eigenvalue weighted by Crippen LogP contribution is 2.43. The quantitative estimate of drug-likeness (QED) is 0.590. The molecular weight excluding hydrogens is 224 g/mol. The summed E-state index contributed by atoms with van der Waals surface area (Å²) in [6.07, 6.45) is 0.690. The van der Waals surface area contributed by atoms with E-state index in [4.69, 9.17) is 0 Å². The van der Waals surface area contributed by atoms with Crippen LogP contribution in [0.2, 0.25) is 0 Å². The fourth-order valence-corrected chi connectivity index (χ4v) is 2.08. The number of hydrogen-bond donors (Lipinski definition) is 1. The zero-order chi connectivity index (χ0) is 12.4. The van der Waals surface area contributed by atoms with Crippen molar-refractivity contribution in [2.75, 3.05) is 0 Å². The third kappa shape index (κ3) is 2.39. The van der Waals surface area contributed by atoms with Gasteiger partial charge >= 0.3 is 11.8 Å². The molecule has 1 atom stereocenters. The summed E-state index contributed by atoms with van der Waals surface area (Å²) in [6, 6.07) is 0. The van der Waals surface area contributed by atoms with Gasteiger partial charge in [-0.1, -0.05) is 25.8 Å². The topological polar surface area (TPSA) is 20.2 Å². The molecule has 1 unspecified atom stereocenters. The van der Waals surface area contributed by atoms with Gasteiger partial charge in [-0.15, -0.1) is 0 Å². The van der Waals surface area contributed by atoms with E-state index in [9.17, 15) is 22.7 Å². The fourth-order valence-electron chi connectivity index (χ4n) is 2.08. The molecule has 0 aliphatic heterocycles. The number of halogens is 4. The van der Waals surface area contributed by atoms with Crippen LogP contribution in [0, 0.1) is 5.92 Å². The van der Waals surface area contributed by atoms with Crippen LogP contribution in [0.15, 0.2) is 12.7 Å². The number of alkyl halides is 4. The largest absolute Gasteiger partial charge is 0.386 e. The highest BCUT2D eigenvalue weighted by atomic mass is 19.3. The molecule has 0 aromatic heterocycles. The van der Waals surface area contributed by atoms with Crippen LogP contribution in [0.3, 0.4) is 0 Å². The molecule has 1 nitrogen and oxygen atoms in total. The van der Waals surface area contributed by atoms with Gasteiger partial charge < -0.3 is 5.11 Å². The lowest BCUT2D eigenvalue weighted by Crippen LogP contribution is -2.51. The first-order chi connectivity index (χ1) is 7.33. The summed E-state index contributed by atoms with van der Waals surface area (Å²) in [7, 11) is 0. The molecule has 0 spiro atoms. The molecule has 94 valence electrons. The van der Waals surface area contributed by atoms with Crippen LogP contribution in [0.5, 0.6) is 0 Å². The molecule has 0 bridgehead atoms. The van der Waals surface area contributed by atoms with Crippen LogP contribution in [0.4, 0.5) is 17.6 Å². The average Bonchev–Trinajstić information content (AvgIpc) is 2.29. The molecular formula is C11H16F4O. The van der Waals surface area contributed by atoms with Crippen LogP contribution in [-0.2, 0) is 0 Å². The molecule has 1 fully saturated rings. The standard InChI is InChI=1S/C11H16F4O/c1-2-10(12,13)11(14,15)9(16)8-6-4-3-5-7-8/h2,8-9,16H,1,3-7H2. The molecule has 0 radical (unpaired) electrons. The van der Waals surface area contributed by atoms with Crippen molar-refractivity contribution < 1.29 is 22.7 Å². The lowest BCUT2D eigenvalue weighted by atomic mass is 9.81. The van der Waals surface area contributed by atoms with Crippen molar-refractivity contribution in [3.8, 4) is 0 Å². The normalized spacial score (nSPS) is 21.8. The Morgan fingerprint density at radius 3 is 2.06 bits per heavy atom. The third-order valence-corrected chi connectivity index (χ3v) is 3.17. The molecule has 0 saturated heterocycles. The Bertz CT molecular complexity index is 246. The van der Waals surface area contributed by atoms with Crippen LogP contribution in [0.25, 0.3) is 0 Å². The summed E-state index contributed by atoms with van der Waals surface area (Å²) in [6.45, 7) is 2.69. The molecule has 0 aromatic rings. The van der Waals surface area contributed by atoms with E-state index in [1.165, 1.54) is 0 Å². The van der Waals surface area contributed by atoms with E-state index in [0.29, 0.717) is 25.7 Å². The maximum atomic E-state index is 13.3. The molecule has 1 aliphatic rings. The predicted molar refractivity (Wildman–Crippen MR) is 52.7 cm³/mol. The van der Waals surface area contributed by atoms with E-state index >= 15 is 0 Å². The Balaban J connectivity index is 2.77. The summed E-state index contributed by atoms with van der Waals surface area (Å²) in [4.78, 5) is 0. The number of allylic oxidation sites excluding steroid dienone is 1. The smallest absolute Gasteiger partial charge is 0.339 e. The van der Waals surface area contributed by atoms with Gasteiger partial charge in [0.05, 0.1) is 0 Å². The Morgan fingerprint density at radius 2 is 1.62 bits per heavy atom. The van der Waals surface area contributed by atoms with E-state index in [1.54, 1.807) is 0 Å². The SMILES string of the molecule is C=CC(F)(F)C(F)(F)C(O)C1CCCCC1. The summed E-state index contributed by atoms with van der Waals surface area (Å²) in [5.41, 5.74) is 0. The summed E-state index contributed by atoms with van der Waals surface area (Å²) in [5, 5.41) is 9.39. The summed E-state index contributed by atoms with van der Waals surface area (Å²) >= 11 is 0. The van der Waals surface area contributed by atoms with Crippen LogP contribution in [0.1, 0.15) is 32.1 Å². The second-order valence-corrected chi connectivity index (χ2v) is 4.29. The van der Waals surface area contributed by atoms with E-state index in [1.807, 2.05) is 0 Å². The number of aliphatic hydroxyl groups is 1. The molecule has 1 saturated carbocycles. The van der Waals surface area contributed by atoms with Gasteiger partial charge in [-0.3, -0.25) is 0 Å². The Kier molecular flexibility index (Phi) is 3.99. The molecule has 5 heteroatoms. The van der Waals surface area contributed by atoms with Gasteiger partial charge in [0.25, 0.3) is 0 Å². The zero-order valence-corrected chi connectivity index (χ0v) is 8.93. The second kappa shape index (κ2) is 4.73. The fraction of sp³-hybridized carbons (Fsp3) is 0.818. The van der Waals surface area contributed by atoms with E-state index in [-0.39, 0.29) is 6.08 Å². The van der Waals surface area contributed by atoms with Crippen molar-refractivity contribution in [2.45, 2.75) is 50.1 Å². The molecule has 1 aliphatic carbocycles. The summed E-state index contributed by atoms with van der Waals surface area (Å²) < 4.78 is 52.4. The van der Waals surface area contributed by atoms with Crippen LogP contribution >= 0.6 is 0 Å². The lowest BCUT2D eigenvalue weighted by molar-refractivity contribution is -0.243. The maximum Gasteiger partial charge on any atom is 0.339 e. The zero-order valence-electron chi connectivity index (χ0n) is 8.93. The molecule has 0 heterocycles. The summed E-state index contributed by atoms with van der Waals surface area (Å²) in [5.74, 6) is -9.53. The monoisotopic (exact) mass is 240 g/mol. The van der Waals surface area contributed by atoms with Crippen molar-refractivity contribution in [3.05, 3.63) is 12.7 Å². The number of aliphatic hydroxyl groups excluding tert-OH is 1. The minimum atomic E-state index is -4.43. The van der Waals surface area contributed by atoms with Gasteiger partial charge in [0.15, 0.2) is 0 Å². The molecule has 0 aromatic carbocycles. The number of hydrogen-bond acceptors (Lipinski definition) is 1. The van der Waals surface area contributed by atoms with Gasteiger partial charge in [0.1, 0.15) is 6.10 Å². The lowest BCUT2D eigenvalue weighted by Gasteiger charge is -2.34. The number of rotatable bonds is 4. The first-order valence-corrected chi connectivity index (χ1v) is 5.40. The Hall–Kier alpha value is -0.580. The Morgan fingerprint density at radius 1 is 1.12 bits per heavy atom. The van der Waals surface area contributed by atoms with E-state index in [0.717, 1.165) is 6.42 Å². The van der Waals surface area contributed by atoms with Crippen molar-refractivity contribution in [3.63, 3.8) is 0 Å². The highest BCUT2D eigenvalue weighted by molar-refractivity contribution is 5.03. The van der Waals surface area contributed by atoms with Gasteiger partial charge in [-0.25, -0.2) is 0 Å². The maximum absolute atomic E-state index is 13.3. The van der Waals surface area contributed by atoms with Gasteiger partial charge in [0.2, 0.25) is 0 Å². The molecule has 16 heavy (non-hydrogen) atoms. The Labute approximate surface area is 92.1 Å². The second-order valence-electron chi connectivity index (χ2n) is 4.29. The third-order valence-electron chi connectivity index (χ3n) is 3.17. The van der Waals surface area contributed by atoms with Crippen LogP contribution in [-0.4, -0.2) is 23.1 Å². The van der Waals surface area contributed by atoms with Crippen molar-refractivity contribution in [1.29, 1.82) is 0 Å².